The van der Waals surface area contributed by atoms with Crippen molar-refractivity contribution in [3.63, 3.8) is 0 Å². The van der Waals surface area contributed by atoms with Gasteiger partial charge in [0.2, 0.25) is 0 Å². The number of ether oxygens (including phenoxy) is 1. The van der Waals surface area contributed by atoms with Crippen LogP contribution in [0.25, 0.3) is 0 Å². The van der Waals surface area contributed by atoms with Gasteiger partial charge in [-0.15, -0.1) is 11.6 Å². The van der Waals surface area contributed by atoms with E-state index in [0.717, 1.165) is 38.1 Å². The molecule has 0 aromatic carbocycles. The number of anilines is 1. The summed E-state index contributed by atoms with van der Waals surface area (Å²) in [6.45, 7) is 5.06. The van der Waals surface area contributed by atoms with Crippen LogP contribution in [0.3, 0.4) is 0 Å². The summed E-state index contributed by atoms with van der Waals surface area (Å²) in [5, 5.41) is 0. The summed E-state index contributed by atoms with van der Waals surface area (Å²) in [5.74, 6) is 0.514. The van der Waals surface area contributed by atoms with Crippen molar-refractivity contribution >= 4 is 17.3 Å². The van der Waals surface area contributed by atoms with Crippen LogP contribution in [-0.4, -0.2) is 30.8 Å². The van der Waals surface area contributed by atoms with E-state index in [2.05, 4.69) is 22.9 Å². The van der Waals surface area contributed by atoms with Crippen LogP contribution in [0.2, 0.25) is 0 Å². The highest BCUT2D eigenvalue weighted by atomic mass is 35.5. The first kappa shape index (κ1) is 13.6. The van der Waals surface area contributed by atoms with E-state index >= 15 is 0 Å². The minimum Gasteiger partial charge on any atom is -0.376 e. The highest BCUT2D eigenvalue weighted by Crippen LogP contribution is 2.25. The Balaban J connectivity index is 2.03. The molecule has 18 heavy (non-hydrogen) atoms. The average molecular weight is 269 g/mol. The predicted octanol–water partition coefficient (Wildman–Crippen LogP) is 3.22. The third-order valence-electron chi connectivity index (χ3n) is 3.30. The van der Waals surface area contributed by atoms with E-state index in [4.69, 9.17) is 16.3 Å². The van der Waals surface area contributed by atoms with Gasteiger partial charge in [-0.3, -0.25) is 4.98 Å². The third-order valence-corrected chi connectivity index (χ3v) is 3.59. The molecule has 3 nitrogen and oxygen atoms in total. The van der Waals surface area contributed by atoms with Crippen molar-refractivity contribution < 1.29 is 4.74 Å². The molecule has 4 heteroatoms. The highest BCUT2D eigenvalue weighted by molar-refractivity contribution is 6.17. The molecule has 1 aromatic rings. The minimum absolute atomic E-state index is 0.357. The van der Waals surface area contributed by atoms with Crippen LogP contribution in [0.5, 0.6) is 0 Å². The maximum atomic E-state index is 5.97. The molecule has 0 aliphatic carbocycles. The first-order chi connectivity index (χ1) is 8.85. The number of halogens is 1. The molecule has 2 rings (SSSR count). The van der Waals surface area contributed by atoms with Gasteiger partial charge in [0.15, 0.2) is 0 Å². The third kappa shape index (κ3) is 3.36. The lowest BCUT2D eigenvalue weighted by Gasteiger charge is -2.35. The Morgan fingerprint density at radius 1 is 1.56 bits per heavy atom. The van der Waals surface area contributed by atoms with E-state index in [1.165, 1.54) is 12.1 Å². The molecule has 2 heterocycles. The minimum atomic E-state index is 0.357. The quantitative estimate of drug-likeness (QED) is 0.767. The zero-order valence-electron chi connectivity index (χ0n) is 10.9. The number of rotatable bonds is 5. The molecule has 0 bridgehead atoms. The molecule has 1 atom stereocenters. The van der Waals surface area contributed by atoms with Crippen LogP contribution in [0, 0.1) is 0 Å². The van der Waals surface area contributed by atoms with Crippen molar-refractivity contribution in [1.82, 2.24) is 4.98 Å². The summed E-state index contributed by atoms with van der Waals surface area (Å²) in [5.41, 5.74) is 2.32. The summed E-state index contributed by atoms with van der Waals surface area (Å²) in [6.07, 6.45) is 7.48. The molecule has 100 valence electrons. The van der Waals surface area contributed by atoms with Crippen LogP contribution < -0.4 is 4.90 Å². The van der Waals surface area contributed by atoms with Crippen LogP contribution in [0.1, 0.15) is 31.7 Å². The zero-order chi connectivity index (χ0) is 12.8. The van der Waals surface area contributed by atoms with Crippen LogP contribution in [-0.2, 0) is 10.6 Å². The fraction of sp³-hybridized carbons (Fsp3) is 0.643. The summed E-state index contributed by atoms with van der Waals surface area (Å²) >= 11 is 5.97. The molecule has 0 amide bonds. The second-order valence-corrected chi connectivity index (χ2v) is 4.99. The molecule has 0 N–H and O–H groups in total. The van der Waals surface area contributed by atoms with Gasteiger partial charge in [-0.05, 0) is 25.3 Å². The van der Waals surface area contributed by atoms with Gasteiger partial charge in [0.05, 0.1) is 12.0 Å². The summed E-state index contributed by atoms with van der Waals surface area (Å²) in [7, 11) is 0. The number of hydrogen-bond donors (Lipinski definition) is 0. The van der Waals surface area contributed by atoms with Gasteiger partial charge in [-0.2, -0.15) is 0 Å². The largest absolute Gasteiger partial charge is 0.376 e. The van der Waals surface area contributed by atoms with Gasteiger partial charge in [0.25, 0.3) is 0 Å². The standard InChI is InChI=1S/C14H21ClN2O/c1-2-8-18-13-4-3-7-17(11-13)14-5-6-16-10-12(14)9-15/h5-6,10,13H,2-4,7-9,11H2,1H3. The van der Waals surface area contributed by atoms with Gasteiger partial charge < -0.3 is 9.64 Å². The lowest BCUT2D eigenvalue weighted by Crippen LogP contribution is -2.40. The first-order valence-electron chi connectivity index (χ1n) is 6.70. The summed E-state index contributed by atoms with van der Waals surface area (Å²) in [4.78, 5) is 6.52. The van der Waals surface area contributed by atoms with Crippen LogP contribution in [0.15, 0.2) is 18.5 Å². The van der Waals surface area contributed by atoms with Crippen LogP contribution >= 0.6 is 11.6 Å². The molecule has 1 saturated heterocycles. The Morgan fingerprint density at radius 2 is 2.44 bits per heavy atom. The van der Waals surface area contributed by atoms with E-state index in [0.29, 0.717) is 12.0 Å². The Bertz CT molecular complexity index is 373. The highest BCUT2D eigenvalue weighted by Gasteiger charge is 2.21. The molecule has 1 aliphatic rings. The Labute approximate surface area is 114 Å². The molecule has 1 aromatic heterocycles. The lowest BCUT2D eigenvalue weighted by molar-refractivity contribution is 0.0440. The fourth-order valence-electron chi connectivity index (χ4n) is 2.41. The smallest absolute Gasteiger partial charge is 0.0750 e. The number of nitrogens with zero attached hydrogens (tertiary/aromatic N) is 2. The van der Waals surface area contributed by atoms with Crippen LogP contribution in [0.4, 0.5) is 5.69 Å². The van der Waals surface area contributed by atoms with Gasteiger partial charge >= 0.3 is 0 Å². The molecular formula is C14H21ClN2O. The van der Waals surface area contributed by atoms with Gasteiger partial charge in [-0.25, -0.2) is 0 Å². The monoisotopic (exact) mass is 268 g/mol. The number of piperidine rings is 1. The maximum Gasteiger partial charge on any atom is 0.0750 e. The van der Waals surface area contributed by atoms with Crippen molar-refractivity contribution in [3.05, 3.63) is 24.0 Å². The van der Waals surface area contributed by atoms with E-state index in [1.807, 2.05) is 12.4 Å². The molecule has 1 unspecified atom stereocenters. The van der Waals surface area contributed by atoms with Gasteiger partial charge in [-0.1, -0.05) is 6.92 Å². The number of alkyl halides is 1. The van der Waals surface area contributed by atoms with Crippen molar-refractivity contribution in [2.75, 3.05) is 24.6 Å². The molecule has 1 aliphatic heterocycles. The van der Waals surface area contributed by atoms with Crippen molar-refractivity contribution in [2.45, 2.75) is 38.2 Å². The molecule has 0 saturated carbocycles. The van der Waals surface area contributed by atoms with E-state index in [-0.39, 0.29) is 0 Å². The summed E-state index contributed by atoms with van der Waals surface area (Å²) in [6, 6.07) is 2.06. The van der Waals surface area contributed by atoms with Gasteiger partial charge in [0.1, 0.15) is 0 Å². The van der Waals surface area contributed by atoms with E-state index in [1.54, 1.807) is 0 Å². The zero-order valence-corrected chi connectivity index (χ0v) is 11.7. The maximum absolute atomic E-state index is 5.97. The summed E-state index contributed by atoms with van der Waals surface area (Å²) < 4.78 is 5.87. The van der Waals surface area contributed by atoms with Crippen molar-refractivity contribution in [3.8, 4) is 0 Å². The molecule has 0 radical (unpaired) electrons. The number of pyridine rings is 1. The van der Waals surface area contributed by atoms with E-state index < -0.39 is 0 Å². The number of aromatic nitrogens is 1. The predicted molar refractivity (Wildman–Crippen MR) is 75.3 cm³/mol. The molecular weight excluding hydrogens is 248 g/mol. The Morgan fingerprint density at radius 3 is 3.22 bits per heavy atom. The first-order valence-corrected chi connectivity index (χ1v) is 7.24. The second-order valence-electron chi connectivity index (χ2n) is 4.72. The van der Waals surface area contributed by atoms with Gasteiger partial charge in [0, 0.05) is 43.3 Å². The van der Waals surface area contributed by atoms with Crippen molar-refractivity contribution in [1.29, 1.82) is 0 Å². The SMILES string of the molecule is CCCOC1CCCN(c2ccncc2CCl)C1. The fourth-order valence-corrected chi connectivity index (χ4v) is 2.61. The lowest BCUT2D eigenvalue weighted by atomic mass is 10.1. The topological polar surface area (TPSA) is 25.4 Å². The van der Waals surface area contributed by atoms with E-state index in [9.17, 15) is 0 Å². The second kappa shape index (κ2) is 6.95. The molecule has 1 fully saturated rings. The Kier molecular flexibility index (Phi) is 5.26. The van der Waals surface area contributed by atoms with Crippen molar-refractivity contribution in [2.24, 2.45) is 0 Å². The normalized spacial score (nSPS) is 20.1. The average Bonchev–Trinajstić information content (AvgIpc) is 2.45. The molecule has 0 spiro atoms. The number of hydrogen-bond acceptors (Lipinski definition) is 3. The Hall–Kier alpha value is -0.800.